The Morgan fingerprint density at radius 1 is 1.44 bits per heavy atom. The van der Waals surface area contributed by atoms with E-state index in [0.29, 0.717) is 6.04 Å². The third-order valence-electron chi connectivity index (χ3n) is 2.92. The summed E-state index contributed by atoms with van der Waals surface area (Å²) >= 11 is 0. The molecule has 1 aliphatic rings. The van der Waals surface area contributed by atoms with Gasteiger partial charge in [-0.25, -0.2) is 0 Å². The van der Waals surface area contributed by atoms with Crippen molar-refractivity contribution in [3.8, 4) is 0 Å². The Labute approximate surface area is 96.9 Å². The minimum Gasteiger partial charge on any atom is -0.367 e. The summed E-state index contributed by atoms with van der Waals surface area (Å²) in [5.74, 6) is 0.883. The topological polar surface area (TPSA) is 49.8 Å². The van der Waals surface area contributed by atoms with Crippen LogP contribution in [0.4, 0.5) is 5.82 Å². The van der Waals surface area contributed by atoms with E-state index < -0.39 is 0 Å². The van der Waals surface area contributed by atoms with Gasteiger partial charge in [-0.1, -0.05) is 13.3 Å². The Balaban J connectivity index is 1.80. The summed E-state index contributed by atoms with van der Waals surface area (Å²) in [4.78, 5) is 0. The van der Waals surface area contributed by atoms with E-state index in [1.54, 1.807) is 0 Å². The lowest BCUT2D eigenvalue weighted by Crippen LogP contribution is -2.29. The maximum Gasteiger partial charge on any atom is 0.148 e. The van der Waals surface area contributed by atoms with Crippen LogP contribution in [0.2, 0.25) is 0 Å². The monoisotopic (exact) mass is 220 g/mol. The molecule has 1 aromatic heterocycles. The molecule has 0 aliphatic carbocycles. The Morgan fingerprint density at radius 2 is 2.38 bits per heavy atom. The average Bonchev–Trinajstić information content (AvgIpc) is 2.82. The van der Waals surface area contributed by atoms with Gasteiger partial charge in [0.05, 0.1) is 5.69 Å². The van der Waals surface area contributed by atoms with Crippen molar-refractivity contribution >= 4 is 5.82 Å². The quantitative estimate of drug-likeness (QED) is 0.791. The number of hydrogen-bond donors (Lipinski definition) is 2. The average molecular weight is 220 g/mol. The van der Waals surface area contributed by atoms with Crippen LogP contribution < -0.4 is 10.6 Å². The maximum absolute atomic E-state index is 4.18. The van der Waals surface area contributed by atoms with E-state index in [-0.39, 0.29) is 0 Å². The lowest BCUT2D eigenvalue weighted by Gasteiger charge is -2.11. The molecular formula is C12H20N4. The van der Waals surface area contributed by atoms with Gasteiger partial charge >= 0.3 is 0 Å². The molecule has 88 valence electrons. The summed E-state index contributed by atoms with van der Waals surface area (Å²) in [5.41, 5.74) is 1.08. The van der Waals surface area contributed by atoms with Crippen LogP contribution in [0.25, 0.3) is 0 Å². The molecule has 1 atom stereocenters. The summed E-state index contributed by atoms with van der Waals surface area (Å²) in [6.45, 7) is 4.24. The molecule has 2 rings (SSSR count). The van der Waals surface area contributed by atoms with Gasteiger partial charge in [0.15, 0.2) is 0 Å². The molecule has 0 bridgehead atoms. The van der Waals surface area contributed by atoms with E-state index >= 15 is 0 Å². The first-order valence-electron chi connectivity index (χ1n) is 6.18. The second-order valence-corrected chi connectivity index (χ2v) is 4.33. The largest absolute Gasteiger partial charge is 0.367 e. The van der Waals surface area contributed by atoms with Crippen LogP contribution in [-0.4, -0.2) is 29.3 Å². The van der Waals surface area contributed by atoms with Crippen molar-refractivity contribution in [1.29, 1.82) is 0 Å². The first-order valence-corrected chi connectivity index (χ1v) is 6.18. The van der Waals surface area contributed by atoms with Gasteiger partial charge in [-0.15, -0.1) is 5.10 Å². The fourth-order valence-electron chi connectivity index (χ4n) is 2.00. The van der Waals surface area contributed by atoms with Crippen LogP contribution in [-0.2, 0) is 6.42 Å². The smallest absolute Gasteiger partial charge is 0.148 e. The van der Waals surface area contributed by atoms with Crippen LogP contribution >= 0.6 is 0 Å². The summed E-state index contributed by atoms with van der Waals surface area (Å²) in [6.07, 6.45) is 4.67. The molecule has 0 amide bonds. The number of aromatic nitrogens is 2. The Morgan fingerprint density at radius 3 is 3.00 bits per heavy atom. The summed E-state index contributed by atoms with van der Waals surface area (Å²) in [6, 6.07) is 4.67. The lowest BCUT2D eigenvalue weighted by atomic mass is 10.2. The fraction of sp³-hybridized carbons (Fsp3) is 0.667. The first-order chi connectivity index (χ1) is 7.88. The highest BCUT2D eigenvalue weighted by Crippen LogP contribution is 2.07. The van der Waals surface area contributed by atoms with Gasteiger partial charge in [0.2, 0.25) is 0 Å². The predicted octanol–water partition coefficient (Wildman–Crippen LogP) is 1.59. The Kier molecular flexibility index (Phi) is 4.10. The fourth-order valence-corrected chi connectivity index (χ4v) is 2.00. The van der Waals surface area contributed by atoms with Gasteiger partial charge in [-0.3, -0.25) is 0 Å². The van der Waals surface area contributed by atoms with Crippen LogP contribution in [0.3, 0.4) is 0 Å². The zero-order valence-electron chi connectivity index (χ0n) is 9.87. The van der Waals surface area contributed by atoms with Crippen molar-refractivity contribution in [3.63, 3.8) is 0 Å². The summed E-state index contributed by atoms with van der Waals surface area (Å²) in [7, 11) is 0. The number of rotatable bonds is 5. The van der Waals surface area contributed by atoms with Crippen molar-refractivity contribution in [2.24, 2.45) is 0 Å². The molecule has 16 heavy (non-hydrogen) atoms. The minimum atomic E-state index is 0.595. The molecule has 1 saturated heterocycles. The van der Waals surface area contributed by atoms with Crippen molar-refractivity contribution in [2.75, 3.05) is 18.4 Å². The van der Waals surface area contributed by atoms with Crippen LogP contribution in [0, 0.1) is 0 Å². The lowest BCUT2D eigenvalue weighted by molar-refractivity contribution is 0.631. The van der Waals surface area contributed by atoms with Crippen molar-refractivity contribution in [2.45, 2.75) is 38.6 Å². The van der Waals surface area contributed by atoms with Gasteiger partial charge in [0.1, 0.15) is 5.82 Å². The van der Waals surface area contributed by atoms with Gasteiger partial charge in [-0.2, -0.15) is 5.10 Å². The molecule has 2 N–H and O–H groups in total. The summed E-state index contributed by atoms with van der Waals surface area (Å²) < 4.78 is 0. The van der Waals surface area contributed by atoms with Gasteiger partial charge in [0.25, 0.3) is 0 Å². The molecule has 1 unspecified atom stereocenters. The molecule has 1 fully saturated rings. The van der Waals surface area contributed by atoms with E-state index in [1.165, 1.54) is 12.8 Å². The highest BCUT2D eigenvalue weighted by molar-refractivity contribution is 5.33. The number of nitrogens with zero attached hydrogens (tertiary/aromatic N) is 2. The molecule has 1 aromatic rings. The molecular weight excluding hydrogens is 200 g/mol. The number of anilines is 1. The van der Waals surface area contributed by atoms with Crippen molar-refractivity contribution < 1.29 is 0 Å². The Bertz CT molecular complexity index is 303. The molecule has 4 heteroatoms. The number of aryl methyl sites for hydroxylation is 1. The standard InChI is InChI=1S/C12H20N4/c1-2-4-10-6-7-12(16-15-10)14-9-11-5-3-8-13-11/h6-7,11,13H,2-5,8-9H2,1H3,(H,14,16). The Hall–Kier alpha value is -1.16. The number of hydrogen-bond acceptors (Lipinski definition) is 4. The third kappa shape index (κ3) is 3.17. The molecule has 0 radical (unpaired) electrons. The van der Waals surface area contributed by atoms with Crippen molar-refractivity contribution in [1.82, 2.24) is 15.5 Å². The SMILES string of the molecule is CCCc1ccc(NCC2CCCN2)nn1. The first kappa shape index (κ1) is 11.3. The second kappa shape index (κ2) is 5.80. The summed E-state index contributed by atoms with van der Waals surface area (Å²) in [5, 5.41) is 15.1. The molecule has 0 saturated carbocycles. The van der Waals surface area contributed by atoms with Gasteiger partial charge in [0, 0.05) is 12.6 Å². The maximum atomic E-state index is 4.18. The van der Waals surface area contributed by atoms with E-state index in [9.17, 15) is 0 Å². The zero-order chi connectivity index (χ0) is 11.2. The third-order valence-corrected chi connectivity index (χ3v) is 2.92. The highest BCUT2D eigenvalue weighted by atomic mass is 15.2. The normalized spacial score (nSPS) is 19.9. The van der Waals surface area contributed by atoms with Crippen LogP contribution in [0.5, 0.6) is 0 Å². The van der Waals surface area contributed by atoms with Crippen molar-refractivity contribution in [3.05, 3.63) is 17.8 Å². The van der Waals surface area contributed by atoms with E-state index in [4.69, 9.17) is 0 Å². The molecule has 4 nitrogen and oxygen atoms in total. The molecule has 2 heterocycles. The highest BCUT2D eigenvalue weighted by Gasteiger charge is 2.13. The predicted molar refractivity (Wildman–Crippen MR) is 65.5 cm³/mol. The second-order valence-electron chi connectivity index (χ2n) is 4.33. The van der Waals surface area contributed by atoms with Crippen LogP contribution in [0.15, 0.2) is 12.1 Å². The number of nitrogens with one attached hydrogen (secondary N) is 2. The minimum absolute atomic E-state index is 0.595. The van der Waals surface area contributed by atoms with E-state index in [0.717, 1.165) is 37.4 Å². The van der Waals surface area contributed by atoms with Crippen LogP contribution in [0.1, 0.15) is 31.9 Å². The molecule has 0 spiro atoms. The molecule has 0 aromatic carbocycles. The van der Waals surface area contributed by atoms with Gasteiger partial charge in [-0.05, 0) is 37.9 Å². The van der Waals surface area contributed by atoms with E-state index in [2.05, 4.69) is 33.8 Å². The molecule has 1 aliphatic heterocycles. The van der Waals surface area contributed by atoms with Gasteiger partial charge < -0.3 is 10.6 Å². The zero-order valence-corrected chi connectivity index (χ0v) is 9.87. The van der Waals surface area contributed by atoms with E-state index in [1.807, 2.05) is 6.07 Å².